The summed E-state index contributed by atoms with van der Waals surface area (Å²) in [5, 5.41) is 26.3. The van der Waals surface area contributed by atoms with E-state index < -0.39 is 5.54 Å². The molecule has 0 radical (unpaired) electrons. The second-order valence-corrected chi connectivity index (χ2v) is 23.5. The van der Waals surface area contributed by atoms with Crippen molar-refractivity contribution < 1.29 is 0 Å². The molecule has 5 aromatic carbocycles. The number of hydrogen-bond donors (Lipinski definition) is 1. The molecule has 13 rings (SSSR count). The van der Waals surface area contributed by atoms with Crippen molar-refractivity contribution >= 4 is 28.4 Å². The summed E-state index contributed by atoms with van der Waals surface area (Å²) < 4.78 is 0. The monoisotopic (exact) mass is 932 g/mol. The summed E-state index contributed by atoms with van der Waals surface area (Å²) in [6, 6.07) is 42.5. The highest BCUT2D eigenvalue weighted by Crippen LogP contribution is 2.57. The smallest absolute Gasteiger partial charge is 0.166 e. The highest BCUT2D eigenvalue weighted by atomic mass is 32.1. The molecular formula is C61H52N6S2. The Morgan fingerprint density at radius 3 is 1.81 bits per heavy atom. The van der Waals surface area contributed by atoms with E-state index in [-0.39, 0.29) is 21.7 Å². The quantitative estimate of drug-likeness (QED) is 0.179. The molecule has 8 aromatic rings. The molecule has 1 N–H and O–H groups in total. The first-order valence-corrected chi connectivity index (χ1v) is 25.7. The zero-order valence-corrected chi connectivity index (χ0v) is 41.8. The first kappa shape index (κ1) is 42.2. The third kappa shape index (κ3) is 6.17. The van der Waals surface area contributed by atoms with Crippen LogP contribution in [0.1, 0.15) is 99.3 Å². The van der Waals surface area contributed by atoms with E-state index in [9.17, 15) is 0 Å². The van der Waals surface area contributed by atoms with Gasteiger partial charge in [0.1, 0.15) is 15.7 Å². The molecule has 0 saturated carbocycles. The van der Waals surface area contributed by atoms with Crippen LogP contribution in [0.3, 0.4) is 0 Å². The molecule has 4 aliphatic carbocycles. The minimum absolute atomic E-state index is 0.00255. The number of rotatable bonds is 6. The van der Waals surface area contributed by atoms with Gasteiger partial charge in [-0.3, -0.25) is 0 Å². The molecule has 1 aliphatic heterocycles. The minimum Gasteiger partial charge on any atom is -0.370 e. The van der Waals surface area contributed by atoms with Crippen LogP contribution >= 0.6 is 22.7 Å². The van der Waals surface area contributed by atoms with Crippen molar-refractivity contribution in [2.75, 3.05) is 0 Å². The SMILES string of the molecule is CC1(c2ccc3c(c2)C(C)(C)c2ccccc2-3)C=CC=C(c2nnc(-c3ccc4c(c3)C(C)(C)c3cc(-c5nnc(-c6cccc(-c7ccc8c(c7)C(C)(C)C7C=CC=CC87C)n6)s5)ccc3-4)s2)N1. The zero-order chi connectivity index (χ0) is 47.2. The van der Waals surface area contributed by atoms with Gasteiger partial charge in [-0.1, -0.05) is 193 Å². The molecule has 0 amide bonds. The lowest BCUT2D eigenvalue weighted by Crippen LogP contribution is -2.38. The van der Waals surface area contributed by atoms with Gasteiger partial charge in [-0.05, 0) is 116 Å². The van der Waals surface area contributed by atoms with Crippen molar-refractivity contribution in [3.63, 3.8) is 0 Å². The number of hydrogen-bond acceptors (Lipinski definition) is 8. The summed E-state index contributed by atoms with van der Waals surface area (Å²) in [6.45, 7) is 18.7. The van der Waals surface area contributed by atoms with E-state index in [4.69, 9.17) is 25.4 Å². The molecule has 0 spiro atoms. The fourth-order valence-corrected chi connectivity index (χ4v) is 14.1. The van der Waals surface area contributed by atoms with Gasteiger partial charge < -0.3 is 5.32 Å². The topological polar surface area (TPSA) is 76.5 Å². The average Bonchev–Trinajstić information content (AvgIpc) is 4.18. The van der Waals surface area contributed by atoms with Gasteiger partial charge in [-0.25, -0.2) is 4.98 Å². The van der Waals surface area contributed by atoms with Gasteiger partial charge in [0.2, 0.25) is 0 Å². The molecule has 4 heterocycles. The first-order valence-electron chi connectivity index (χ1n) is 24.0. The van der Waals surface area contributed by atoms with Gasteiger partial charge in [0.05, 0.1) is 16.9 Å². The number of nitrogens with one attached hydrogen (secondary N) is 1. The summed E-state index contributed by atoms with van der Waals surface area (Å²) in [5.74, 6) is 0.416. The molecule has 0 bridgehead atoms. The Morgan fingerprint density at radius 2 is 1.06 bits per heavy atom. The van der Waals surface area contributed by atoms with Crippen LogP contribution in [0.15, 0.2) is 158 Å². The zero-order valence-electron chi connectivity index (χ0n) is 40.1. The van der Waals surface area contributed by atoms with Gasteiger partial charge in [0, 0.05) is 32.9 Å². The van der Waals surface area contributed by atoms with E-state index in [1.165, 1.54) is 61.2 Å². The maximum Gasteiger partial charge on any atom is 0.166 e. The summed E-state index contributed by atoms with van der Waals surface area (Å²) in [7, 11) is 0. The van der Waals surface area contributed by atoms with Crippen molar-refractivity contribution in [3.05, 3.63) is 202 Å². The van der Waals surface area contributed by atoms with E-state index >= 15 is 0 Å². The van der Waals surface area contributed by atoms with Crippen LogP contribution in [0.2, 0.25) is 0 Å². The number of dihydropyridines is 1. The summed E-state index contributed by atoms with van der Waals surface area (Å²) >= 11 is 3.22. The van der Waals surface area contributed by atoms with Gasteiger partial charge in [-0.15, -0.1) is 20.4 Å². The Morgan fingerprint density at radius 1 is 0.464 bits per heavy atom. The third-order valence-corrected chi connectivity index (χ3v) is 18.4. The molecule has 338 valence electrons. The van der Waals surface area contributed by atoms with Crippen molar-refractivity contribution in [2.24, 2.45) is 5.92 Å². The summed E-state index contributed by atoms with van der Waals surface area (Å²) in [6.07, 6.45) is 15.7. The van der Waals surface area contributed by atoms with Gasteiger partial charge in [0.15, 0.2) is 10.0 Å². The number of allylic oxidation sites excluding steroid dienone is 6. The van der Waals surface area contributed by atoms with Gasteiger partial charge in [-0.2, -0.15) is 0 Å². The lowest BCUT2D eigenvalue weighted by atomic mass is 9.67. The molecule has 3 atom stereocenters. The molecule has 6 nitrogen and oxygen atoms in total. The van der Waals surface area contributed by atoms with Crippen LogP contribution in [-0.4, -0.2) is 25.4 Å². The second kappa shape index (κ2) is 14.6. The Hall–Kier alpha value is -6.87. The predicted molar refractivity (Wildman–Crippen MR) is 284 cm³/mol. The Balaban J connectivity index is 0.740. The van der Waals surface area contributed by atoms with E-state index in [1.807, 2.05) is 6.07 Å². The van der Waals surface area contributed by atoms with Gasteiger partial charge >= 0.3 is 0 Å². The molecule has 5 aliphatic rings. The number of benzene rings is 5. The standard InChI is InChI=1S/C61H52N6S2/c1-57(2)43-16-10-9-15-39(43)42-27-24-38(34-47(42)57)61(8)30-14-19-51(63-61)56-67-65-54(69-56)37-22-26-41-40-25-21-36(32-45(40)58(3,4)46(41)33-37)53-64-66-55(68-53)50-18-13-17-49(62-50)35-23-28-44-48(31-35)59(5,6)52-20-11-12-29-60(44,52)7/h9-34,52,63H,1-8H3. The highest BCUT2D eigenvalue weighted by molar-refractivity contribution is 7.17. The molecule has 3 unspecified atom stereocenters. The van der Waals surface area contributed by atoms with Crippen LogP contribution in [0.5, 0.6) is 0 Å². The normalized spacial score (nSPS) is 22.3. The van der Waals surface area contributed by atoms with Crippen LogP contribution in [0.4, 0.5) is 0 Å². The third-order valence-electron chi connectivity index (χ3n) is 16.4. The van der Waals surface area contributed by atoms with Crippen LogP contribution in [-0.2, 0) is 27.2 Å². The van der Waals surface area contributed by atoms with E-state index in [1.54, 1.807) is 22.7 Å². The van der Waals surface area contributed by atoms with Crippen molar-refractivity contribution in [2.45, 2.75) is 82.6 Å². The molecular weight excluding hydrogens is 881 g/mol. The van der Waals surface area contributed by atoms with E-state index in [0.29, 0.717) is 5.92 Å². The lowest BCUT2D eigenvalue weighted by molar-refractivity contribution is 0.324. The van der Waals surface area contributed by atoms with Crippen molar-refractivity contribution in [3.8, 4) is 65.4 Å². The molecule has 69 heavy (non-hydrogen) atoms. The molecule has 8 heteroatoms. The Kier molecular flexibility index (Phi) is 8.93. The first-order chi connectivity index (χ1) is 33.1. The number of aromatic nitrogens is 5. The predicted octanol–water partition coefficient (Wildman–Crippen LogP) is 14.8. The Bertz CT molecular complexity index is 3630. The van der Waals surface area contributed by atoms with Gasteiger partial charge in [0.25, 0.3) is 0 Å². The Labute approximate surface area is 412 Å². The molecule has 3 aromatic heterocycles. The van der Waals surface area contributed by atoms with Crippen molar-refractivity contribution in [1.29, 1.82) is 0 Å². The molecule has 0 saturated heterocycles. The van der Waals surface area contributed by atoms with Crippen LogP contribution in [0, 0.1) is 5.92 Å². The fraction of sp³-hybridized carbons (Fsp3) is 0.230. The van der Waals surface area contributed by atoms with E-state index in [2.05, 4.69) is 212 Å². The fourth-order valence-electron chi connectivity index (χ4n) is 12.5. The number of pyridine rings is 1. The molecule has 0 fully saturated rings. The van der Waals surface area contributed by atoms with Crippen molar-refractivity contribution in [1.82, 2.24) is 30.7 Å². The van der Waals surface area contributed by atoms with E-state index in [0.717, 1.165) is 53.8 Å². The average molecular weight is 933 g/mol. The number of nitrogens with zero attached hydrogens (tertiary/aromatic N) is 5. The maximum absolute atomic E-state index is 5.17. The van der Waals surface area contributed by atoms with Crippen LogP contribution in [0.25, 0.3) is 71.1 Å². The minimum atomic E-state index is -0.411. The number of fused-ring (bicyclic) bond motifs is 9. The van der Waals surface area contributed by atoms with Crippen LogP contribution < -0.4 is 5.32 Å². The summed E-state index contributed by atoms with van der Waals surface area (Å²) in [5.41, 5.74) is 19.8. The largest absolute Gasteiger partial charge is 0.370 e. The lowest BCUT2D eigenvalue weighted by Gasteiger charge is -2.36. The maximum atomic E-state index is 5.17. The summed E-state index contributed by atoms with van der Waals surface area (Å²) in [4.78, 5) is 5.17. The highest BCUT2D eigenvalue weighted by Gasteiger charge is 2.51. The second-order valence-electron chi connectivity index (χ2n) is 21.6.